The van der Waals surface area contributed by atoms with Gasteiger partial charge in [0.25, 0.3) is 5.91 Å². The predicted molar refractivity (Wildman–Crippen MR) is 101 cm³/mol. The van der Waals surface area contributed by atoms with E-state index >= 15 is 0 Å². The molecule has 9 heteroatoms. The highest BCUT2D eigenvalue weighted by atomic mass is 127. The fourth-order valence-electron chi connectivity index (χ4n) is 1.85. The van der Waals surface area contributed by atoms with Crippen molar-refractivity contribution in [2.45, 2.75) is 4.90 Å². The Morgan fingerprint density at radius 1 is 1.08 bits per heavy atom. The molecule has 0 fully saturated rings. The molecule has 0 bridgehead atoms. The van der Waals surface area contributed by atoms with Crippen LogP contribution < -0.4 is 10.0 Å². The summed E-state index contributed by atoms with van der Waals surface area (Å²) in [5.74, 6) is -1.18. The van der Waals surface area contributed by atoms with E-state index < -0.39 is 28.5 Å². The Morgan fingerprint density at radius 2 is 1.72 bits per heavy atom. The summed E-state index contributed by atoms with van der Waals surface area (Å²) in [4.78, 5) is 23.8. The zero-order chi connectivity index (χ0) is 18.4. The molecule has 0 saturated carbocycles. The standard InChI is InChI=1S/C16H15IN2O5S/c1-18-25(22,23)12-8-6-11(7-9-12)16(21)24-10-15(20)19-14-5-3-2-4-13(14)17/h2-9,18H,10H2,1H3,(H,19,20). The van der Waals surface area contributed by atoms with Gasteiger partial charge in [0.2, 0.25) is 10.0 Å². The van der Waals surface area contributed by atoms with E-state index in [2.05, 4.69) is 32.6 Å². The number of carbonyl (C=O) groups excluding carboxylic acids is 2. The average molecular weight is 474 g/mol. The van der Waals surface area contributed by atoms with Crippen LogP contribution in [-0.4, -0.2) is 33.9 Å². The Labute approximate surface area is 159 Å². The Morgan fingerprint density at radius 3 is 2.32 bits per heavy atom. The molecule has 2 aromatic rings. The van der Waals surface area contributed by atoms with Crippen molar-refractivity contribution in [3.63, 3.8) is 0 Å². The molecule has 2 aromatic carbocycles. The van der Waals surface area contributed by atoms with Crippen LogP contribution in [0, 0.1) is 3.57 Å². The van der Waals surface area contributed by atoms with E-state index in [9.17, 15) is 18.0 Å². The number of para-hydroxylation sites is 1. The number of hydrogen-bond donors (Lipinski definition) is 2. The fraction of sp³-hybridized carbons (Fsp3) is 0.125. The molecule has 0 spiro atoms. The van der Waals surface area contributed by atoms with Crippen LogP contribution in [0.4, 0.5) is 5.69 Å². The minimum Gasteiger partial charge on any atom is -0.452 e. The second-order valence-corrected chi connectivity index (χ2v) is 7.88. The first kappa shape index (κ1) is 19.3. The molecule has 2 rings (SSSR count). The molecule has 0 saturated heterocycles. The number of rotatable bonds is 6. The summed E-state index contributed by atoms with van der Waals surface area (Å²) in [7, 11) is -2.28. The maximum Gasteiger partial charge on any atom is 0.338 e. The summed E-state index contributed by atoms with van der Waals surface area (Å²) in [6, 6.07) is 12.4. The lowest BCUT2D eigenvalue weighted by atomic mass is 10.2. The second-order valence-electron chi connectivity index (χ2n) is 4.84. The lowest BCUT2D eigenvalue weighted by Gasteiger charge is -2.08. The quantitative estimate of drug-likeness (QED) is 0.493. The highest BCUT2D eigenvalue weighted by Gasteiger charge is 2.14. The van der Waals surface area contributed by atoms with Crippen LogP contribution in [0.5, 0.6) is 0 Å². The van der Waals surface area contributed by atoms with Crippen molar-refractivity contribution in [1.82, 2.24) is 4.72 Å². The van der Waals surface area contributed by atoms with Crippen LogP contribution in [-0.2, 0) is 19.6 Å². The van der Waals surface area contributed by atoms with Crippen molar-refractivity contribution in [2.75, 3.05) is 19.0 Å². The summed E-state index contributed by atoms with van der Waals surface area (Å²) < 4.78 is 31.2. The van der Waals surface area contributed by atoms with Crippen LogP contribution in [0.3, 0.4) is 0 Å². The molecule has 132 valence electrons. The largest absolute Gasteiger partial charge is 0.452 e. The van der Waals surface area contributed by atoms with Crippen LogP contribution in [0.25, 0.3) is 0 Å². The van der Waals surface area contributed by atoms with Crippen LogP contribution >= 0.6 is 22.6 Å². The monoisotopic (exact) mass is 474 g/mol. The zero-order valence-corrected chi connectivity index (χ0v) is 16.1. The molecule has 0 radical (unpaired) electrons. The SMILES string of the molecule is CNS(=O)(=O)c1ccc(C(=O)OCC(=O)Nc2ccccc2I)cc1. The molecule has 7 nitrogen and oxygen atoms in total. The molecule has 1 amide bonds. The smallest absolute Gasteiger partial charge is 0.338 e. The van der Waals surface area contributed by atoms with Gasteiger partial charge in [0.05, 0.1) is 16.1 Å². The first-order chi connectivity index (χ1) is 11.8. The number of esters is 1. The topological polar surface area (TPSA) is 102 Å². The van der Waals surface area contributed by atoms with Crippen molar-refractivity contribution < 1.29 is 22.7 Å². The molecule has 0 aliphatic heterocycles. The molecular weight excluding hydrogens is 459 g/mol. The Bertz CT molecular complexity index is 882. The lowest BCUT2D eigenvalue weighted by molar-refractivity contribution is -0.119. The van der Waals surface area contributed by atoms with E-state index in [0.717, 1.165) is 3.57 Å². The minimum absolute atomic E-state index is 0.0305. The lowest BCUT2D eigenvalue weighted by Crippen LogP contribution is -2.21. The van der Waals surface area contributed by atoms with Gasteiger partial charge in [-0.3, -0.25) is 4.79 Å². The number of nitrogens with one attached hydrogen (secondary N) is 2. The number of hydrogen-bond acceptors (Lipinski definition) is 5. The average Bonchev–Trinajstić information content (AvgIpc) is 2.61. The van der Waals surface area contributed by atoms with E-state index in [4.69, 9.17) is 4.74 Å². The fourth-order valence-corrected chi connectivity index (χ4v) is 3.10. The predicted octanol–water partition coefficient (Wildman–Crippen LogP) is 1.99. The van der Waals surface area contributed by atoms with Crippen LogP contribution in [0.2, 0.25) is 0 Å². The molecule has 0 atom stereocenters. The van der Waals surface area contributed by atoms with Gasteiger partial charge in [0.15, 0.2) is 6.61 Å². The number of ether oxygens (including phenoxy) is 1. The molecule has 0 heterocycles. The van der Waals surface area contributed by atoms with Gasteiger partial charge in [-0.15, -0.1) is 0 Å². The van der Waals surface area contributed by atoms with Gasteiger partial charge in [-0.1, -0.05) is 12.1 Å². The van der Waals surface area contributed by atoms with E-state index in [1.807, 2.05) is 12.1 Å². The van der Waals surface area contributed by atoms with Gasteiger partial charge < -0.3 is 10.1 Å². The molecule has 0 aliphatic rings. The number of sulfonamides is 1. The highest BCUT2D eigenvalue weighted by Crippen LogP contribution is 2.16. The first-order valence-electron chi connectivity index (χ1n) is 7.08. The second kappa shape index (κ2) is 8.41. The van der Waals surface area contributed by atoms with Crippen LogP contribution in [0.1, 0.15) is 10.4 Å². The molecule has 0 aliphatic carbocycles. The maximum absolute atomic E-state index is 11.9. The van der Waals surface area contributed by atoms with Crippen molar-refractivity contribution in [2.24, 2.45) is 0 Å². The third kappa shape index (κ3) is 5.25. The number of benzene rings is 2. The Hall–Kier alpha value is -1.98. The molecule has 0 unspecified atom stereocenters. The summed E-state index contributed by atoms with van der Waals surface area (Å²) in [5, 5.41) is 2.64. The van der Waals surface area contributed by atoms with E-state index in [0.29, 0.717) is 5.69 Å². The van der Waals surface area contributed by atoms with Crippen molar-refractivity contribution in [3.8, 4) is 0 Å². The number of amides is 1. The highest BCUT2D eigenvalue weighted by molar-refractivity contribution is 14.1. The zero-order valence-electron chi connectivity index (χ0n) is 13.2. The van der Waals surface area contributed by atoms with E-state index in [-0.39, 0.29) is 10.5 Å². The van der Waals surface area contributed by atoms with Gasteiger partial charge >= 0.3 is 5.97 Å². The van der Waals surface area contributed by atoms with Crippen molar-refractivity contribution >= 4 is 50.2 Å². The minimum atomic E-state index is -3.57. The third-order valence-electron chi connectivity index (χ3n) is 3.15. The summed E-state index contributed by atoms with van der Waals surface area (Å²) in [6.07, 6.45) is 0. The normalized spacial score (nSPS) is 11.0. The Balaban J connectivity index is 1.94. The summed E-state index contributed by atoms with van der Waals surface area (Å²) >= 11 is 2.08. The number of halogens is 1. The first-order valence-corrected chi connectivity index (χ1v) is 9.65. The van der Waals surface area contributed by atoms with Gasteiger partial charge in [-0.05, 0) is 66.0 Å². The van der Waals surface area contributed by atoms with Gasteiger partial charge in [-0.2, -0.15) is 0 Å². The van der Waals surface area contributed by atoms with Gasteiger partial charge in [-0.25, -0.2) is 17.9 Å². The molecule has 25 heavy (non-hydrogen) atoms. The van der Waals surface area contributed by atoms with Crippen molar-refractivity contribution in [1.29, 1.82) is 0 Å². The molecular formula is C16H15IN2O5S. The van der Waals surface area contributed by atoms with Gasteiger partial charge in [0.1, 0.15) is 0 Å². The number of carbonyl (C=O) groups is 2. The number of anilines is 1. The Kier molecular flexibility index (Phi) is 6.51. The van der Waals surface area contributed by atoms with E-state index in [1.165, 1.54) is 31.3 Å². The summed E-state index contributed by atoms with van der Waals surface area (Å²) in [5.41, 5.74) is 0.780. The molecule has 0 aromatic heterocycles. The molecule has 2 N–H and O–H groups in total. The van der Waals surface area contributed by atoms with Crippen molar-refractivity contribution in [3.05, 3.63) is 57.7 Å². The van der Waals surface area contributed by atoms with E-state index in [1.54, 1.807) is 12.1 Å². The van der Waals surface area contributed by atoms with Crippen LogP contribution in [0.15, 0.2) is 53.4 Å². The maximum atomic E-state index is 11.9. The summed E-state index contributed by atoms with van der Waals surface area (Å²) in [6.45, 7) is -0.444. The third-order valence-corrected chi connectivity index (χ3v) is 5.52. The van der Waals surface area contributed by atoms with Gasteiger partial charge in [0, 0.05) is 3.57 Å².